The normalized spacial score (nSPS) is 12.1. The molecule has 6 nitrogen and oxygen atoms in total. The summed E-state index contributed by atoms with van der Waals surface area (Å²) in [5, 5.41) is 7.37. The molecule has 0 fully saturated rings. The fourth-order valence-electron chi connectivity index (χ4n) is 1.59. The van der Waals surface area contributed by atoms with E-state index in [0.29, 0.717) is 0 Å². The number of carbonyl (C=O) groups excluding carboxylic acids is 1. The Labute approximate surface area is 115 Å². The Morgan fingerprint density at radius 2 is 2.21 bits per heavy atom. The van der Waals surface area contributed by atoms with E-state index in [9.17, 15) is 4.79 Å². The second-order valence-corrected chi connectivity index (χ2v) is 5.02. The molecule has 0 saturated heterocycles. The second kappa shape index (κ2) is 6.35. The highest BCUT2D eigenvalue weighted by atomic mass is 32.2. The van der Waals surface area contributed by atoms with Gasteiger partial charge in [0, 0.05) is 5.75 Å². The molecule has 1 amide bonds. The van der Waals surface area contributed by atoms with E-state index < -0.39 is 0 Å². The van der Waals surface area contributed by atoms with Gasteiger partial charge in [0.25, 0.3) is 0 Å². The number of hydrogen-bond donors (Lipinski definition) is 3. The van der Waals surface area contributed by atoms with Gasteiger partial charge in [-0.05, 0) is 18.1 Å². The predicted molar refractivity (Wildman–Crippen MR) is 73.1 cm³/mol. The topological polar surface area (TPSA) is 96.7 Å². The first-order valence-corrected chi connectivity index (χ1v) is 6.76. The maximum Gasteiger partial charge on any atom is 0.241 e. The number of aromatic amines is 1. The molecule has 19 heavy (non-hydrogen) atoms. The van der Waals surface area contributed by atoms with Gasteiger partial charge in [0.1, 0.15) is 6.33 Å². The molecular weight excluding hydrogens is 262 g/mol. The lowest BCUT2D eigenvalue weighted by atomic mass is 10.00. The summed E-state index contributed by atoms with van der Waals surface area (Å²) in [4.78, 5) is 15.5. The lowest BCUT2D eigenvalue weighted by Gasteiger charge is -2.10. The second-order valence-electron chi connectivity index (χ2n) is 4.05. The van der Waals surface area contributed by atoms with E-state index in [1.807, 2.05) is 31.2 Å². The molecule has 1 heterocycles. The maximum atomic E-state index is 11.4. The van der Waals surface area contributed by atoms with Crippen LogP contribution in [0.2, 0.25) is 0 Å². The van der Waals surface area contributed by atoms with Crippen molar-refractivity contribution in [3.05, 3.63) is 41.7 Å². The van der Waals surface area contributed by atoms with E-state index >= 15 is 0 Å². The monoisotopic (exact) mass is 277 g/mol. The number of amides is 1. The van der Waals surface area contributed by atoms with Crippen molar-refractivity contribution in [3.63, 3.8) is 0 Å². The first-order chi connectivity index (χ1) is 9.20. The number of rotatable bonds is 5. The van der Waals surface area contributed by atoms with Crippen LogP contribution in [0.25, 0.3) is 0 Å². The molecule has 1 aromatic heterocycles. The van der Waals surface area contributed by atoms with Gasteiger partial charge in [0.05, 0.1) is 5.92 Å². The number of nitrogens with zero attached hydrogens (tertiary/aromatic N) is 2. The fraction of sp³-hybridized carbons (Fsp3) is 0.250. The van der Waals surface area contributed by atoms with Gasteiger partial charge in [0.2, 0.25) is 5.91 Å². The zero-order chi connectivity index (χ0) is 13.7. The summed E-state index contributed by atoms with van der Waals surface area (Å²) in [5.41, 5.74) is 4.26. The molecule has 2 rings (SSSR count). The Hall–Kier alpha value is -1.86. The van der Waals surface area contributed by atoms with Crippen molar-refractivity contribution in [2.75, 3.05) is 0 Å². The molecule has 0 aliphatic heterocycles. The Balaban J connectivity index is 1.96. The predicted octanol–water partition coefficient (Wildman–Crippen LogP) is 1.19. The number of aromatic nitrogens is 3. The number of H-pyrrole nitrogens is 1. The first kappa shape index (κ1) is 13.6. The molecule has 0 spiro atoms. The summed E-state index contributed by atoms with van der Waals surface area (Å²) in [7, 11) is 0. The largest absolute Gasteiger partial charge is 0.294 e. The highest BCUT2D eigenvalue weighted by Gasteiger charge is 2.13. The molecule has 2 aromatic rings. The van der Waals surface area contributed by atoms with E-state index in [1.165, 1.54) is 6.33 Å². The molecule has 0 bridgehead atoms. The third kappa shape index (κ3) is 3.55. The molecule has 1 atom stereocenters. The number of benzene rings is 1. The van der Waals surface area contributed by atoms with Gasteiger partial charge in [0.15, 0.2) is 5.16 Å². The Kier molecular flexibility index (Phi) is 4.53. The van der Waals surface area contributed by atoms with Gasteiger partial charge < -0.3 is 0 Å². The van der Waals surface area contributed by atoms with Crippen molar-refractivity contribution >= 4 is 17.7 Å². The van der Waals surface area contributed by atoms with E-state index in [-0.39, 0.29) is 11.8 Å². The van der Waals surface area contributed by atoms with Crippen LogP contribution in [0.3, 0.4) is 0 Å². The lowest BCUT2D eigenvalue weighted by molar-refractivity contribution is -0.122. The van der Waals surface area contributed by atoms with Crippen LogP contribution in [0.4, 0.5) is 0 Å². The van der Waals surface area contributed by atoms with Crippen molar-refractivity contribution < 1.29 is 4.79 Å². The minimum Gasteiger partial charge on any atom is -0.294 e. The van der Waals surface area contributed by atoms with Crippen LogP contribution in [-0.4, -0.2) is 21.1 Å². The van der Waals surface area contributed by atoms with Gasteiger partial charge in [-0.3, -0.25) is 15.3 Å². The smallest absolute Gasteiger partial charge is 0.241 e. The summed E-state index contributed by atoms with van der Waals surface area (Å²) in [6.07, 6.45) is 1.48. The number of hydrogen-bond acceptors (Lipinski definition) is 5. The Bertz CT molecular complexity index is 526. The van der Waals surface area contributed by atoms with Crippen molar-refractivity contribution in [3.8, 4) is 0 Å². The average Bonchev–Trinajstić information content (AvgIpc) is 2.97. The summed E-state index contributed by atoms with van der Waals surface area (Å²) in [5.74, 6) is 5.48. The van der Waals surface area contributed by atoms with Gasteiger partial charge in [-0.25, -0.2) is 10.8 Å². The van der Waals surface area contributed by atoms with Gasteiger partial charge in [-0.1, -0.05) is 36.0 Å². The van der Waals surface area contributed by atoms with Crippen LogP contribution in [0.5, 0.6) is 0 Å². The number of thioether (sulfide) groups is 1. The molecule has 0 aliphatic rings. The standard InChI is InChI=1S/C12H15N5OS/c1-8(11(18)16-13)10-4-2-9(3-5-10)6-19-12-14-7-15-17-12/h2-5,7-8H,6,13H2,1H3,(H,16,18)(H,14,15,17). The lowest BCUT2D eigenvalue weighted by Crippen LogP contribution is -2.33. The third-order valence-corrected chi connectivity index (χ3v) is 3.73. The molecule has 0 radical (unpaired) electrons. The Morgan fingerprint density at radius 1 is 1.47 bits per heavy atom. The Morgan fingerprint density at radius 3 is 2.79 bits per heavy atom. The molecule has 0 aliphatic carbocycles. The van der Waals surface area contributed by atoms with Crippen LogP contribution in [0.15, 0.2) is 35.7 Å². The van der Waals surface area contributed by atoms with Gasteiger partial charge in [-0.15, -0.1) is 0 Å². The molecule has 0 saturated carbocycles. The molecule has 4 N–H and O–H groups in total. The minimum atomic E-state index is -0.249. The number of nitrogens with one attached hydrogen (secondary N) is 2. The summed E-state index contributed by atoms with van der Waals surface area (Å²) in [6, 6.07) is 7.88. The zero-order valence-corrected chi connectivity index (χ0v) is 11.3. The van der Waals surface area contributed by atoms with Crippen LogP contribution in [0, 0.1) is 0 Å². The van der Waals surface area contributed by atoms with Crippen molar-refractivity contribution in [2.24, 2.45) is 5.84 Å². The quantitative estimate of drug-likeness (QED) is 0.330. The highest BCUT2D eigenvalue weighted by molar-refractivity contribution is 7.98. The maximum absolute atomic E-state index is 11.4. The van der Waals surface area contributed by atoms with Crippen molar-refractivity contribution in [1.29, 1.82) is 0 Å². The van der Waals surface area contributed by atoms with E-state index in [4.69, 9.17) is 5.84 Å². The fourth-order valence-corrected chi connectivity index (χ4v) is 2.33. The SMILES string of the molecule is CC(C(=O)NN)c1ccc(CSc2ncn[nH]2)cc1. The highest BCUT2D eigenvalue weighted by Crippen LogP contribution is 2.21. The van der Waals surface area contributed by atoms with E-state index in [0.717, 1.165) is 22.0 Å². The molecule has 100 valence electrons. The van der Waals surface area contributed by atoms with E-state index in [2.05, 4.69) is 20.6 Å². The number of nitrogens with two attached hydrogens (primary N) is 1. The average molecular weight is 277 g/mol. The van der Waals surface area contributed by atoms with Crippen LogP contribution in [0.1, 0.15) is 24.0 Å². The molecule has 1 unspecified atom stereocenters. The molecular formula is C12H15N5OS. The third-order valence-electron chi connectivity index (χ3n) is 2.78. The first-order valence-electron chi connectivity index (χ1n) is 5.78. The number of carbonyl (C=O) groups is 1. The zero-order valence-electron chi connectivity index (χ0n) is 10.5. The van der Waals surface area contributed by atoms with Crippen molar-refractivity contribution in [1.82, 2.24) is 20.6 Å². The van der Waals surface area contributed by atoms with Gasteiger partial charge >= 0.3 is 0 Å². The van der Waals surface area contributed by atoms with E-state index in [1.54, 1.807) is 11.8 Å². The van der Waals surface area contributed by atoms with Gasteiger partial charge in [-0.2, -0.15) is 5.10 Å². The van der Waals surface area contributed by atoms with Crippen LogP contribution >= 0.6 is 11.8 Å². The van der Waals surface area contributed by atoms with Crippen LogP contribution in [-0.2, 0) is 10.5 Å². The van der Waals surface area contributed by atoms with Crippen LogP contribution < -0.4 is 11.3 Å². The number of hydrazine groups is 1. The molecule has 7 heteroatoms. The summed E-state index contributed by atoms with van der Waals surface area (Å²) in [6.45, 7) is 1.82. The molecule has 1 aromatic carbocycles. The summed E-state index contributed by atoms with van der Waals surface area (Å²) >= 11 is 1.58. The minimum absolute atomic E-state index is 0.191. The van der Waals surface area contributed by atoms with Crippen molar-refractivity contribution in [2.45, 2.75) is 23.8 Å². The summed E-state index contributed by atoms with van der Waals surface area (Å²) < 4.78 is 0.